The molecular weight excluding hydrogens is 269 g/mol. The second-order valence-corrected chi connectivity index (χ2v) is 6.77. The Morgan fingerprint density at radius 1 is 1.29 bits per heavy atom. The fraction of sp³-hybridized carbons (Fsp3) is 0.800. The summed E-state index contributed by atoms with van der Waals surface area (Å²) in [5.41, 5.74) is -0.621. The maximum atomic E-state index is 10.7. The Labute approximate surface area is 128 Å². The van der Waals surface area contributed by atoms with Crippen molar-refractivity contribution in [1.82, 2.24) is 4.90 Å². The van der Waals surface area contributed by atoms with Crippen LogP contribution in [0.4, 0.5) is 0 Å². The van der Waals surface area contributed by atoms with Crippen molar-refractivity contribution in [3.63, 3.8) is 0 Å². The summed E-state index contributed by atoms with van der Waals surface area (Å²) in [6, 6.07) is 0.0350. The lowest BCUT2D eigenvalue weighted by molar-refractivity contribution is -0.138. The largest absolute Gasteiger partial charge is 0.486 e. The van der Waals surface area contributed by atoms with Crippen molar-refractivity contribution >= 4 is 13.1 Å². The molecule has 0 bridgehead atoms. The van der Waals surface area contributed by atoms with Gasteiger partial charge in [0.1, 0.15) is 0 Å². The molecule has 1 fully saturated rings. The van der Waals surface area contributed by atoms with Crippen LogP contribution in [-0.4, -0.2) is 53.9 Å². The SMILES string of the molecule is CC(CC(=O)O)N(C)CC/C=C/B1OC(C)(C)C(C)(C)O1. The van der Waals surface area contributed by atoms with Crippen LogP contribution >= 0.6 is 0 Å². The fourth-order valence-electron chi connectivity index (χ4n) is 2.08. The molecule has 0 saturated carbocycles. The summed E-state index contributed by atoms with van der Waals surface area (Å²) in [6.45, 7) is 10.9. The highest BCUT2D eigenvalue weighted by Gasteiger charge is 2.49. The Morgan fingerprint density at radius 3 is 2.29 bits per heavy atom. The molecule has 1 aliphatic rings. The molecule has 5 nitrogen and oxygen atoms in total. The molecule has 6 heteroatoms. The molecule has 0 aromatic rings. The number of carbonyl (C=O) groups is 1. The summed E-state index contributed by atoms with van der Waals surface area (Å²) < 4.78 is 11.7. The molecular formula is C15H28BNO4. The van der Waals surface area contributed by atoms with E-state index in [1.807, 2.05) is 58.6 Å². The van der Waals surface area contributed by atoms with Gasteiger partial charge in [-0.15, -0.1) is 0 Å². The van der Waals surface area contributed by atoms with E-state index in [2.05, 4.69) is 0 Å². The molecule has 21 heavy (non-hydrogen) atoms. The number of aliphatic carboxylic acids is 1. The zero-order valence-electron chi connectivity index (χ0n) is 14.0. The van der Waals surface area contributed by atoms with Gasteiger partial charge in [0.15, 0.2) is 0 Å². The van der Waals surface area contributed by atoms with Crippen molar-refractivity contribution in [3.05, 3.63) is 12.1 Å². The summed E-state index contributed by atoms with van der Waals surface area (Å²) in [6.07, 6.45) is 3.04. The van der Waals surface area contributed by atoms with E-state index >= 15 is 0 Å². The maximum absolute atomic E-state index is 10.7. The first-order chi connectivity index (χ1) is 9.55. The normalized spacial score (nSPS) is 22.1. The average molecular weight is 297 g/mol. The van der Waals surface area contributed by atoms with Crippen LogP contribution in [-0.2, 0) is 14.1 Å². The molecule has 0 aliphatic carbocycles. The van der Waals surface area contributed by atoms with Crippen LogP contribution in [0, 0.1) is 0 Å². The van der Waals surface area contributed by atoms with Crippen LogP contribution in [0.25, 0.3) is 0 Å². The van der Waals surface area contributed by atoms with E-state index in [9.17, 15) is 4.79 Å². The van der Waals surface area contributed by atoms with Gasteiger partial charge in [-0.05, 0) is 48.1 Å². The van der Waals surface area contributed by atoms with E-state index < -0.39 is 5.97 Å². The van der Waals surface area contributed by atoms with Gasteiger partial charge in [-0.25, -0.2) is 0 Å². The minimum Gasteiger partial charge on any atom is -0.481 e. The summed E-state index contributed by atoms with van der Waals surface area (Å²) in [4.78, 5) is 12.7. The molecule has 0 amide bonds. The third-order valence-electron chi connectivity index (χ3n) is 4.44. The molecule has 120 valence electrons. The van der Waals surface area contributed by atoms with Gasteiger partial charge in [0.25, 0.3) is 0 Å². The lowest BCUT2D eigenvalue weighted by Gasteiger charge is -2.32. The third kappa shape index (κ3) is 5.13. The van der Waals surface area contributed by atoms with Gasteiger partial charge in [-0.2, -0.15) is 0 Å². The molecule has 0 radical (unpaired) electrons. The number of rotatable bonds is 7. The van der Waals surface area contributed by atoms with Crippen LogP contribution in [0.2, 0.25) is 0 Å². The lowest BCUT2D eigenvalue weighted by Crippen LogP contribution is -2.41. The Bertz CT molecular complexity index is 379. The first-order valence-electron chi connectivity index (χ1n) is 7.49. The molecule has 1 saturated heterocycles. The van der Waals surface area contributed by atoms with Gasteiger partial charge in [0.2, 0.25) is 0 Å². The molecule has 1 unspecified atom stereocenters. The zero-order valence-corrected chi connectivity index (χ0v) is 14.0. The summed E-state index contributed by atoms with van der Waals surface area (Å²) in [5.74, 6) is 1.17. The molecule has 1 aliphatic heterocycles. The van der Waals surface area contributed by atoms with Crippen molar-refractivity contribution < 1.29 is 19.2 Å². The average Bonchev–Trinajstić information content (AvgIpc) is 2.52. The molecule has 0 aromatic carbocycles. The van der Waals surface area contributed by atoms with Crippen LogP contribution in [0.15, 0.2) is 12.1 Å². The fourth-order valence-corrected chi connectivity index (χ4v) is 2.08. The van der Waals surface area contributed by atoms with Gasteiger partial charge in [0, 0.05) is 12.6 Å². The second kappa shape index (κ2) is 6.94. The van der Waals surface area contributed by atoms with Gasteiger partial charge >= 0.3 is 13.1 Å². The highest BCUT2D eigenvalue weighted by molar-refractivity contribution is 6.51. The van der Waals surface area contributed by atoms with E-state index in [1.54, 1.807) is 0 Å². The molecule has 1 heterocycles. The van der Waals surface area contributed by atoms with E-state index in [-0.39, 0.29) is 30.8 Å². The zero-order chi connectivity index (χ0) is 16.3. The van der Waals surface area contributed by atoms with Crippen molar-refractivity contribution in [2.75, 3.05) is 13.6 Å². The van der Waals surface area contributed by atoms with Gasteiger partial charge in [0.05, 0.1) is 17.6 Å². The van der Waals surface area contributed by atoms with Crippen LogP contribution in [0.5, 0.6) is 0 Å². The van der Waals surface area contributed by atoms with E-state index in [4.69, 9.17) is 14.4 Å². The first kappa shape index (κ1) is 18.2. The number of nitrogens with zero attached hydrogens (tertiary/aromatic N) is 1. The predicted octanol–water partition coefficient (Wildman–Crippen LogP) is 2.36. The highest BCUT2D eigenvalue weighted by atomic mass is 16.7. The monoisotopic (exact) mass is 297 g/mol. The Kier molecular flexibility index (Phi) is 6.02. The summed E-state index contributed by atoms with van der Waals surface area (Å²) >= 11 is 0. The van der Waals surface area contributed by atoms with Crippen molar-refractivity contribution in [2.45, 2.75) is 64.7 Å². The smallest absolute Gasteiger partial charge is 0.481 e. The minimum absolute atomic E-state index is 0.0350. The Balaban J connectivity index is 2.35. The third-order valence-corrected chi connectivity index (χ3v) is 4.44. The van der Waals surface area contributed by atoms with Crippen LogP contribution in [0.1, 0.15) is 47.5 Å². The van der Waals surface area contributed by atoms with Crippen LogP contribution < -0.4 is 0 Å². The molecule has 1 rings (SSSR count). The first-order valence-corrected chi connectivity index (χ1v) is 7.49. The van der Waals surface area contributed by atoms with Gasteiger partial charge in [-0.1, -0.05) is 12.1 Å². The summed E-state index contributed by atoms with van der Waals surface area (Å²) in [7, 11) is 1.63. The Hall–Kier alpha value is -0.845. The van der Waals surface area contributed by atoms with Crippen molar-refractivity contribution in [1.29, 1.82) is 0 Å². The highest BCUT2D eigenvalue weighted by Crippen LogP contribution is 2.36. The van der Waals surface area contributed by atoms with E-state index in [0.29, 0.717) is 0 Å². The second-order valence-electron chi connectivity index (χ2n) is 6.77. The number of carboxylic acids is 1. The Morgan fingerprint density at radius 2 is 1.81 bits per heavy atom. The maximum Gasteiger partial charge on any atom is 0.486 e. The standard InChI is InChI=1S/C15H28BNO4/c1-12(11-13(18)19)17(6)10-8-7-9-16-20-14(2,3)15(4,5)21-16/h7,9,12H,8,10-11H2,1-6H3,(H,18,19)/b9-7+. The van der Waals surface area contributed by atoms with E-state index in [0.717, 1.165) is 13.0 Å². The topological polar surface area (TPSA) is 59.0 Å². The minimum atomic E-state index is -0.762. The number of hydrogen-bond acceptors (Lipinski definition) is 4. The predicted molar refractivity (Wildman–Crippen MR) is 84.2 cm³/mol. The van der Waals surface area contributed by atoms with Crippen molar-refractivity contribution in [3.8, 4) is 0 Å². The van der Waals surface area contributed by atoms with Crippen molar-refractivity contribution in [2.24, 2.45) is 0 Å². The van der Waals surface area contributed by atoms with Gasteiger partial charge in [-0.3, -0.25) is 4.79 Å². The number of hydrogen-bond donors (Lipinski definition) is 1. The van der Waals surface area contributed by atoms with Gasteiger partial charge < -0.3 is 19.3 Å². The van der Waals surface area contributed by atoms with E-state index in [1.165, 1.54) is 0 Å². The van der Waals surface area contributed by atoms with Crippen LogP contribution in [0.3, 0.4) is 0 Å². The molecule has 0 spiro atoms. The quantitative estimate of drug-likeness (QED) is 0.731. The number of carboxylic acid groups (broad SMARTS) is 1. The lowest BCUT2D eigenvalue weighted by atomic mass is 9.90. The molecule has 1 atom stereocenters. The summed E-state index contributed by atoms with van der Waals surface area (Å²) in [5, 5.41) is 8.77. The molecule has 0 aromatic heterocycles. The molecule has 1 N–H and O–H groups in total.